The minimum Gasteiger partial charge on any atom is -0.755 e. The van der Waals surface area contributed by atoms with Crippen LogP contribution in [0.4, 0.5) is 0 Å². The monoisotopic (exact) mass is 144 g/mol. The molecule has 0 amide bonds. The summed E-state index contributed by atoms with van der Waals surface area (Å²) in [4.78, 5) is 0. The predicted octanol–water partition coefficient (Wildman–Crippen LogP) is -0.141. The van der Waals surface area contributed by atoms with Gasteiger partial charge in [0.25, 0.3) is 0 Å². The van der Waals surface area contributed by atoms with Crippen molar-refractivity contribution in [3.8, 4) is 12.3 Å². The van der Waals surface area contributed by atoms with E-state index in [1.807, 2.05) is 0 Å². The van der Waals surface area contributed by atoms with E-state index in [1.54, 1.807) is 0 Å². The van der Waals surface area contributed by atoms with Crippen LogP contribution in [0.1, 0.15) is 0 Å². The Balaban J connectivity index is 3.86. The smallest absolute Gasteiger partial charge is 0.0907 e. The first-order valence-electron chi connectivity index (χ1n) is 2.14. The summed E-state index contributed by atoms with van der Waals surface area (Å²) in [6.45, 7) is 3.28. The van der Waals surface area contributed by atoms with Crippen molar-refractivity contribution in [3.63, 3.8) is 0 Å². The first-order chi connectivity index (χ1) is 4.22. The van der Waals surface area contributed by atoms with Gasteiger partial charge < -0.3 is 4.55 Å². The van der Waals surface area contributed by atoms with E-state index in [9.17, 15) is 8.76 Å². The van der Waals surface area contributed by atoms with E-state index in [1.165, 1.54) is 0 Å². The highest BCUT2D eigenvalue weighted by Crippen LogP contribution is 1.88. The summed E-state index contributed by atoms with van der Waals surface area (Å²) < 4.78 is 21.1. The van der Waals surface area contributed by atoms with E-state index in [2.05, 4.69) is 12.5 Å². The molecule has 0 spiro atoms. The Bertz CT molecular complexity index is 161. The van der Waals surface area contributed by atoms with E-state index in [4.69, 9.17) is 6.42 Å². The van der Waals surface area contributed by atoms with Gasteiger partial charge in [-0.05, 0) is 0 Å². The Labute approximate surface area is 56.8 Å². The molecule has 3 nitrogen and oxygen atoms in total. The van der Waals surface area contributed by atoms with Crippen molar-refractivity contribution in [1.29, 1.82) is 0 Å². The van der Waals surface area contributed by atoms with Crippen LogP contribution < -0.4 is 0 Å². The third-order valence-corrected chi connectivity index (χ3v) is 1.30. The van der Waals surface area contributed by atoms with Gasteiger partial charge in [0.1, 0.15) is 0 Å². The fourth-order valence-corrected chi connectivity index (χ4v) is 0.570. The molecule has 4 heteroatoms. The maximum atomic E-state index is 10.1. The highest BCUT2D eigenvalue weighted by molar-refractivity contribution is 7.76. The fourth-order valence-electron chi connectivity index (χ4n) is 0.268. The molecule has 0 rings (SSSR count). The summed E-state index contributed by atoms with van der Waals surface area (Å²) in [6, 6.07) is 0. The van der Waals surface area contributed by atoms with Crippen LogP contribution in [0.25, 0.3) is 0 Å². The molecule has 0 aromatic heterocycles. The van der Waals surface area contributed by atoms with Crippen LogP contribution in [0, 0.1) is 12.3 Å². The first kappa shape index (κ1) is 8.21. The van der Waals surface area contributed by atoms with Crippen LogP contribution in [0.15, 0.2) is 12.8 Å². The lowest BCUT2D eigenvalue weighted by Crippen LogP contribution is -2.19. The van der Waals surface area contributed by atoms with Gasteiger partial charge >= 0.3 is 0 Å². The SMILES string of the molecule is C#CCN(C=C)S(=O)[O-]. The molecule has 0 fully saturated rings. The minimum absolute atomic E-state index is 0.0413. The highest BCUT2D eigenvalue weighted by atomic mass is 32.2. The van der Waals surface area contributed by atoms with Crippen molar-refractivity contribution in [3.05, 3.63) is 12.8 Å². The van der Waals surface area contributed by atoms with Crippen molar-refractivity contribution >= 4 is 11.3 Å². The van der Waals surface area contributed by atoms with Gasteiger partial charge in [-0.15, -0.1) is 6.42 Å². The quantitative estimate of drug-likeness (QED) is 0.408. The molecule has 0 aromatic rings. The number of hydrogen-bond donors (Lipinski definition) is 0. The largest absolute Gasteiger partial charge is 0.755 e. The Hall–Kier alpha value is -0.790. The number of hydrogen-bond acceptors (Lipinski definition) is 2. The summed E-state index contributed by atoms with van der Waals surface area (Å²) in [5.41, 5.74) is 0. The van der Waals surface area contributed by atoms with Crippen LogP contribution >= 0.6 is 0 Å². The molecular formula is C5H6NO2S-. The average molecular weight is 144 g/mol. The van der Waals surface area contributed by atoms with Crippen LogP contribution in [0.2, 0.25) is 0 Å². The Kier molecular flexibility index (Phi) is 3.76. The third-order valence-electron chi connectivity index (χ3n) is 0.642. The highest BCUT2D eigenvalue weighted by Gasteiger charge is 1.91. The number of nitrogens with zero attached hydrogens (tertiary/aromatic N) is 1. The molecule has 1 atom stereocenters. The van der Waals surface area contributed by atoms with Gasteiger partial charge in [0.05, 0.1) is 6.54 Å². The minimum atomic E-state index is -2.28. The molecule has 0 aliphatic carbocycles. The van der Waals surface area contributed by atoms with Crippen LogP contribution in [0.5, 0.6) is 0 Å². The molecule has 9 heavy (non-hydrogen) atoms. The maximum absolute atomic E-state index is 10.1. The molecule has 0 saturated heterocycles. The molecule has 0 aliphatic rings. The standard InChI is InChI=1S/C5H7NO2S/c1-3-5-6(4-2)9(7)8/h1,4H,2,5H2,(H,7,8)/p-1. The van der Waals surface area contributed by atoms with Crippen molar-refractivity contribution in [1.82, 2.24) is 4.31 Å². The normalized spacial score (nSPS) is 11.6. The van der Waals surface area contributed by atoms with Crippen LogP contribution in [-0.2, 0) is 11.3 Å². The predicted molar refractivity (Wildman–Crippen MR) is 34.7 cm³/mol. The van der Waals surface area contributed by atoms with Gasteiger partial charge in [0.15, 0.2) is 0 Å². The zero-order valence-electron chi connectivity index (χ0n) is 4.74. The zero-order valence-corrected chi connectivity index (χ0v) is 5.56. The lowest BCUT2D eigenvalue weighted by molar-refractivity contribution is 0.475. The molecule has 0 aromatic carbocycles. The summed E-state index contributed by atoms with van der Waals surface area (Å²) >= 11 is -2.28. The third kappa shape index (κ3) is 2.90. The number of rotatable bonds is 3. The van der Waals surface area contributed by atoms with E-state index >= 15 is 0 Å². The van der Waals surface area contributed by atoms with Gasteiger partial charge in [-0.2, -0.15) is 0 Å². The second kappa shape index (κ2) is 4.13. The Morgan fingerprint density at radius 2 is 2.56 bits per heavy atom. The molecule has 0 radical (unpaired) electrons. The van der Waals surface area contributed by atoms with Crippen LogP contribution in [-0.4, -0.2) is 19.6 Å². The summed E-state index contributed by atoms with van der Waals surface area (Å²) in [7, 11) is 0. The van der Waals surface area contributed by atoms with Crippen molar-refractivity contribution in [2.75, 3.05) is 6.54 Å². The summed E-state index contributed by atoms with van der Waals surface area (Å²) in [5.74, 6) is 2.16. The van der Waals surface area contributed by atoms with E-state index < -0.39 is 11.3 Å². The van der Waals surface area contributed by atoms with Crippen molar-refractivity contribution in [2.24, 2.45) is 0 Å². The van der Waals surface area contributed by atoms with Gasteiger partial charge in [-0.25, -0.2) is 0 Å². The van der Waals surface area contributed by atoms with Crippen LogP contribution in [0.3, 0.4) is 0 Å². The second-order valence-electron chi connectivity index (χ2n) is 1.18. The fraction of sp³-hybridized carbons (Fsp3) is 0.200. The first-order valence-corrected chi connectivity index (χ1v) is 3.17. The van der Waals surface area contributed by atoms with E-state index in [0.29, 0.717) is 0 Å². The molecule has 0 bridgehead atoms. The summed E-state index contributed by atoms with van der Waals surface area (Å²) in [5, 5.41) is 0. The van der Waals surface area contributed by atoms with Crippen molar-refractivity contribution in [2.45, 2.75) is 0 Å². The van der Waals surface area contributed by atoms with E-state index in [-0.39, 0.29) is 6.54 Å². The van der Waals surface area contributed by atoms with Gasteiger partial charge in [0.2, 0.25) is 0 Å². The van der Waals surface area contributed by atoms with Gasteiger partial charge in [-0.1, -0.05) is 12.5 Å². The zero-order chi connectivity index (χ0) is 7.28. The Morgan fingerprint density at radius 3 is 2.67 bits per heavy atom. The van der Waals surface area contributed by atoms with E-state index in [0.717, 1.165) is 10.5 Å². The lowest BCUT2D eigenvalue weighted by Gasteiger charge is -2.18. The van der Waals surface area contributed by atoms with Gasteiger partial charge in [0, 0.05) is 17.5 Å². The van der Waals surface area contributed by atoms with Crippen molar-refractivity contribution < 1.29 is 8.76 Å². The molecule has 0 aliphatic heterocycles. The summed E-state index contributed by atoms with van der Waals surface area (Å²) in [6.07, 6.45) is 5.99. The average Bonchev–Trinajstić information content (AvgIpc) is 1.82. The van der Waals surface area contributed by atoms with Gasteiger partial charge in [-0.3, -0.25) is 8.51 Å². The Morgan fingerprint density at radius 1 is 2.00 bits per heavy atom. The topological polar surface area (TPSA) is 43.4 Å². The molecule has 0 N–H and O–H groups in total. The maximum Gasteiger partial charge on any atom is 0.0907 e. The lowest BCUT2D eigenvalue weighted by atomic mass is 10.7. The molecule has 0 heterocycles. The number of terminal acetylenes is 1. The second-order valence-corrected chi connectivity index (χ2v) is 2.08. The molecule has 50 valence electrons. The molecular weight excluding hydrogens is 138 g/mol. The molecule has 1 unspecified atom stereocenters. The molecule has 0 saturated carbocycles.